The molecular formula is C34H40N10O2S. The van der Waals surface area contributed by atoms with Gasteiger partial charge in [-0.15, -0.1) is 11.3 Å². The second-order valence-corrected chi connectivity index (χ2v) is 15.4. The molecule has 0 amide bonds. The Kier molecular flexibility index (Phi) is 7.05. The highest BCUT2D eigenvalue weighted by atomic mass is 32.1. The number of thiophene rings is 1. The third kappa shape index (κ3) is 4.79. The zero-order valence-electron chi connectivity index (χ0n) is 27.3. The fraction of sp³-hybridized carbons (Fsp3) is 0.529. The van der Waals surface area contributed by atoms with E-state index in [9.17, 15) is 10.4 Å². The fourth-order valence-corrected chi connectivity index (χ4v) is 9.57. The maximum atomic E-state index is 10.4. The molecule has 0 bridgehead atoms. The summed E-state index contributed by atoms with van der Waals surface area (Å²) in [4.78, 5) is 13.6. The number of likely N-dealkylation sites (N-methyl/N-ethyl adjacent to an activating group) is 1. The van der Waals surface area contributed by atoms with Crippen molar-refractivity contribution < 1.29 is 9.63 Å². The number of aromatic nitrogens is 7. The Morgan fingerprint density at radius 3 is 2.77 bits per heavy atom. The van der Waals surface area contributed by atoms with Gasteiger partial charge in [-0.2, -0.15) is 15.5 Å². The number of fused-ring (bicyclic) bond motifs is 5. The van der Waals surface area contributed by atoms with Gasteiger partial charge in [0.2, 0.25) is 0 Å². The molecule has 244 valence electrons. The van der Waals surface area contributed by atoms with Crippen LogP contribution < -0.4 is 5.73 Å². The third-order valence-corrected chi connectivity index (χ3v) is 11.5. The number of nitriles is 1. The van der Waals surface area contributed by atoms with Gasteiger partial charge in [0.1, 0.15) is 22.5 Å². The highest BCUT2D eigenvalue weighted by Crippen LogP contribution is 2.55. The first-order valence-corrected chi connectivity index (χ1v) is 17.4. The van der Waals surface area contributed by atoms with E-state index in [1.807, 2.05) is 23.1 Å². The Morgan fingerprint density at radius 2 is 2.02 bits per heavy atom. The minimum Gasteiger partial charge on any atom is -0.389 e. The number of aryl methyl sites for hydroxylation is 1. The number of hydrogen-bond donors (Lipinski definition) is 2. The van der Waals surface area contributed by atoms with Crippen LogP contribution in [0.4, 0.5) is 5.00 Å². The van der Waals surface area contributed by atoms with E-state index in [1.54, 1.807) is 29.9 Å². The van der Waals surface area contributed by atoms with Crippen LogP contribution in [0.5, 0.6) is 0 Å². The Labute approximate surface area is 277 Å². The highest BCUT2D eigenvalue weighted by Gasteiger charge is 2.49. The SMILES string of the molecule is C[C@@H]([C@@H]1CCCN1C)n1nc(-c2ccn(CC(C)(C)O)n2)c2cnc(-c3noc4c3CCC[C@@]43CCCc4sc(N)c(C#N)c43)nc21. The third-order valence-electron chi connectivity index (χ3n) is 10.5. The molecule has 3 N–H and O–H groups in total. The molecule has 3 atom stereocenters. The molecule has 12 nitrogen and oxygen atoms in total. The number of likely N-dealkylation sites (tertiary alicyclic amines) is 1. The molecule has 6 heterocycles. The number of nitrogens with two attached hydrogens (primary N) is 1. The predicted octanol–water partition coefficient (Wildman–Crippen LogP) is 5.24. The lowest BCUT2D eigenvalue weighted by atomic mass is 9.63. The second-order valence-electron chi connectivity index (χ2n) is 14.2. The smallest absolute Gasteiger partial charge is 0.184 e. The number of anilines is 1. The summed E-state index contributed by atoms with van der Waals surface area (Å²) in [5.41, 5.74) is 10.5. The van der Waals surface area contributed by atoms with Crippen LogP contribution in [-0.4, -0.2) is 69.9 Å². The Morgan fingerprint density at radius 1 is 1.21 bits per heavy atom. The van der Waals surface area contributed by atoms with Gasteiger partial charge in [-0.25, -0.2) is 14.6 Å². The van der Waals surface area contributed by atoms with Crippen molar-refractivity contribution in [3.8, 4) is 29.0 Å². The number of nitrogens with zero attached hydrogens (tertiary/aromatic N) is 9. The van der Waals surface area contributed by atoms with Gasteiger partial charge in [-0.1, -0.05) is 5.16 Å². The first kappa shape index (κ1) is 30.2. The summed E-state index contributed by atoms with van der Waals surface area (Å²) in [6, 6.07) is 4.71. The number of aliphatic hydroxyl groups is 1. The second kappa shape index (κ2) is 11.0. The average molecular weight is 653 g/mol. The molecule has 0 saturated carbocycles. The van der Waals surface area contributed by atoms with Crippen molar-refractivity contribution >= 4 is 27.4 Å². The van der Waals surface area contributed by atoms with Crippen molar-refractivity contribution in [3.05, 3.63) is 45.8 Å². The zero-order valence-corrected chi connectivity index (χ0v) is 28.1. The average Bonchev–Trinajstić information content (AvgIpc) is 3.86. The number of nitrogen functional groups attached to an aromatic ring is 1. The molecule has 8 rings (SSSR count). The standard InChI is InChI=1S/C34H40N10O2S/c1-19(24-9-7-14-42(24)4)44-32-22(27(40-44)23-11-15-43(39-23)18-33(2,3)45)17-37-31(38-32)28-20-8-5-12-34(29(20)46-41-28)13-6-10-25-26(34)21(16-35)30(36)47-25/h11,15,17,19,24,45H,5-10,12-14,18,36H2,1-4H3/t19-,24-,34-/m0/s1. The summed E-state index contributed by atoms with van der Waals surface area (Å²) in [5, 5.41) is 36.4. The van der Waals surface area contributed by atoms with E-state index in [4.69, 9.17) is 30.4 Å². The van der Waals surface area contributed by atoms with Gasteiger partial charge >= 0.3 is 0 Å². The summed E-state index contributed by atoms with van der Waals surface area (Å²) >= 11 is 1.54. The molecular weight excluding hydrogens is 613 g/mol. The van der Waals surface area contributed by atoms with E-state index in [0.717, 1.165) is 85.8 Å². The summed E-state index contributed by atoms with van der Waals surface area (Å²) in [6.45, 7) is 7.16. The molecule has 0 aromatic carbocycles. The molecule has 1 spiro atoms. The molecule has 47 heavy (non-hydrogen) atoms. The van der Waals surface area contributed by atoms with Crippen LogP contribution in [0, 0.1) is 11.3 Å². The highest BCUT2D eigenvalue weighted by molar-refractivity contribution is 7.16. The van der Waals surface area contributed by atoms with Gasteiger partial charge in [0.25, 0.3) is 0 Å². The number of rotatable bonds is 6. The molecule has 1 aliphatic heterocycles. The van der Waals surface area contributed by atoms with Crippen molar-refractivity contribution in [1.82, 2.24) is 39.6 Å². The molecule has 3 aliphatic rings. The maximum absolute atomic E-state index is 10.4. The molecule has 5 aromatic heterocycles. The van der Waals surface area contributed by atoms with Crippen LogP contribution in [0.1, 0.15) is 92.7 Å². The van der Waals surface area contributed by atoms with Crippen molar-refractivity contribution in [3.63, 3.8) is 0 Å². The molecule has 0 radical (unpaired) electrons. The van der Waals surface area contributed by atoms with E-state index in [1.165, 1.54) is 4.88 Å². The van der Waals surface area contributed by atoms with Crippen molar-refractivity contribution in [2.45, 2.75) is 102 Å². The minimum absolute atomic E-state index is 0.0589. The van der Waals surface area contributed by atoms with Gasteiger partial charge in [-0.05, 0) is 97.4 Å². The van der Waals surface area contributed by atoms with Crippen molar-refractivity contribution in [2.24, 2.45) is 0 Å². The molecule has 0 unspecified atom stereocenters. The summed E-state index contributed by atoms with van der Waals surface area (Å²) < 4.78 is 10.0. The van der Waals surface area contributed by atoms with Crippen LogP contribution in [0.15, 0.2) is 23.0 Å². The van der Waals surface area contributed by atoms with Crippen molar-refractivity contribution in [2.75, 3.05) is 19.3 Å². The van der Waals surface area contributed by atoms with Gasteiger partial charge in [0.15, 0.2) is 22.9 Å². The lowest BCUT2D eigenvalue weighted by Gasteiger charge is -2.39. The Hall–Kier alpha value is -4.12. The number of hydrogen-bond acceptors (Lipinski definition) is 11. The van der Waals surface area contributed by atoms with Crippen LogP contribution in [0.25, 0.3) is 33.9 Å². The van der Waals surface area contributed by atoms with Crippen molar-refractivity contribution in [1.29, 1.82) is 5.26 Å². The van der Waals surface area contributed by atoms with Crippen LogP contribution in [-0.2, 0) is 24.8 Å². The molecule has 2 aliphatic carbocycles. The van der Waals surface area contributed by atoms with E-state index in [-0.39, 0.29) is 6.04 Å². The Bertz CT molecular complexity index is 2040. The topological polar surface area (TPSA) is 161 Å². The summed E-state index contributed by atoms with van der Waals surface area (Å²) in [6.07, 6.45) is 11.4. The van der Waals surface area contributed by atoms with Gasteiger partial charge in [-0.3, -0.25) is 4.68 Å². The quantitative estimate of drug-likeness (QED) is 0.248. The fourth-order valence-electron chi connectivity index (χ4n) is 8.41. The maximum Gasteiger partial charge on any atom is 0.184 e. The first-order chi connectivity index (χ1) is 22.6. The summed E-state index contributed by atoms with van der Waals surface area (Å²) in [5.74, 6) is 1.35. The van der Waals surface area contributed by atoms with Gasteiger partial charge in [0.05, 0.1) is 34.6 Å². The lowest BCUT2D eigenvalue weighted by molar-refractivity contribution is 0.0578. The minimum atomic E-state index is -0.898. The monoisotopic (exact) mass is 652 g/mol. The Balaban J connectivity index is 1.25. The molecule has 1 fully saturated rings. The van der Waals surface area contributed by atoms with E-state index >= 15 is 0 Å². The van der Waals surface area contributed by atoms with Gasteiger partial charge in [0, 0.05) is 28.9 Å². The van der Waals surface area contributed by atoms with E-state index in [2.05, 4.69) is 30.1 Å². The van der Waals surface area contributed by atoms with E-state index < -0.39 is 11.0 Å². The molecule has 5 aromatic rings. The molecule has 1 saturated heterocycles. The largest absolute Gasteiger partial charge is 0.389 e. The van der Waals surface area contributed by atoms with Crippen LogP contribution in [0.2, 0.25) is 0 Å². The summed E-state index contributed by atoms with van der Waals surface area (Å²) in [7, 11) is 2.17. The zero-order chi connectivity index (χ0) is 32.7. The normalized spacial score (nSPS) is 22.1. The van der Waals surface area contributed by atoms with Crippen LogP contribution >= 0.6 is 11.3 Å². The first-order valence-electron chi connectivity index (χ1n) is 16.6. The van der Waals surface area contributed by atoms with Gasteiger partial charge < -0.3 is 20.3 Å². The molecule has 13 heteroatoms. The lowest BCUT2D eigenvalue weighted by Crippen LogP contribution is -2.35. The predicted molar refractivity (Wildman–Crippen MR) is 179 cm³/mol. The van der Waals surface area contributed by atoms with E-state index in [0.29, 0.717) is 46.1 Å². The van der Waals surface area contributed by atoms with Crippen LogP contribution in [0.3, 0.4) is 0 Å².